The van der Waals surface area contributed by atoms with Crippen LogP contribution in [-0.4, -0.2) is 56.2 Å². The second-order valence-corrected chi connectivity index (χ2v) is 7.34. The average Bonchev–Trinajstić information content (AvgIpc) is 3.29. The third-order valence-corrected chi connectivity index (χ3v) is 5.65. The Bertz CT molecular complexity index is 834. The predicted octanol–water partition coefficient (Wildman–Crippen LogP) is 1.51. The van der Waals surface area contributed by atoms with Gasteiger partial charge in [0.05, 0.1) is 12.8 Å². The van der Waals surface area contributed by atoms with Crippen molar-refractivity contribution < 1.29 is 19.1 Å². The van der Waals surface area contributed by atoms with Crippen molar-refractivity contribution in [3.63, 3.8) is 0 Å². The highest BCUT2D eigenvalue weighted by atomic mass is 16.4. The van der Waals surface area contributed by atoms with E-state index >= 15 is 0 Å². The van der Waals surface area contributed by atoms with Crippen LogP contribution < -0.4 is 0 Å². The third kappa shape index (κ3) is 3.49. The van der Waals surface area contributed by atoms with E-state index < -0.39 is 5.97 Å². The van der Waals surface area contributed by atoms with Crippen LogP contribution in [0.15, 0.2) is 22.8 Å². The molecule has 0 radical (unpaired) electrons. The third-order valence-electron chi connectivity index (χ3n) is 5.65. The minimum atomic E-state index is -1.03. The molecule has 1 fully saturated rings. The van der Waals surface area contributed by atoms with Crippen LogP contribution in [0.25, 0.3) is 0 Å². The summed E-state index contributed by atoms with van der Waals surface area (Å²) in [5.41, 5.74) is 1.67. The first kappa shape index (κ1) is 17.8. The summed E-state index contributed by atoms with van der Waals surface area (Å²) in [7, 11) is 1.76. The Balaban J connectivity index is 1.38. The number of likely N-dealkylation sites (tertiary alicyclic amines) is 1. The van der Waals surface area contributed by atoms with E-state index in [4.69, 9.17) is 4.42 Å². The molecule has 0 unspecified atom stereocenters. The number of amides is 1. The van der Waals surface area contributed by atoms with E-state index in [1.807, 2.05) is 17.0 Å². The van der Waals surface area contributed by atoms with Gasteiger partial charge in [-0.05, 0) is 38.1 Å². The Hall–Kier alpha value is -2.61. The van der Waals surface area contributed by atoms with Gasteiger partial charge in [0.1, 0.15) is 5.76 Å². The molecule has 0 aliphatic carbocycles. The number of piperidine rings is 1. The van der Waals surface area contributed by atoms with Crippen LogP contribution in [0, 0.1) is 5.92 Å². The molecule has 1 N–H and O–H groups in total. The van der Waals surface area contributed by atoms with Crippen LogP contribution in [0.5, 0.6) is 0 Å². The predicted molar refractivity (Wildman–Crippen MR) is 96.0 cm³/mol. The summed E-state index contributed by atoms with van der Waals surface area (Å²) in [6, 6.07) is 3.86. The van der Waals surface area contributed by atoms with E-state index in [-0.39, 0.29) is 17.5 Å². The molecule has 2 aliphatic rings. The Morgan fingerprint density at radius 1 is 1.30 bits per heavy atom. The first-order valence-corrected chi connectivity index (χ1v) is 9.34. The van der Waals surface area contributed by atoms with Gasteiger partial charge in [-0.2, -0.15) is 5.10 Å². The highest BCUT2D eigenvalue weighted by molar-refractivity contribution is 5.88. The number of rotatable bonds is 4. The van der Waals surface area contributed by atoms with Crippen LogP contribution in [0.3, 0.4) is 0 Å². The lowest BCUT2D eigenvalue weighted by molar-refractivity contribution is -0.138. The van der Waals surface area contributed by atoms with E-state index in [9.17, 15) is 14.7 Å². The van der Waals surface area contributed by atoms with Crippen molar-refractivity contribution in [3.8, 4) is 0 Å². The number of hydrogen-bond acceptors (Lipinski definition) is 5. The minimum absolute atomic E-state index is 0.00403. The summed E-state index contributed by atoms with van der Waals surface area (Å²) >= 11 is 0. The zero-order chi connectivity index (χ0) is 19.0. The summed E-state index contributed by atoms with van der Waals surface area (Å²) in [5, 5.41) is 13.5. The van der Waals surface area contributed by atoms with Crippen molar-refractivity contribution in [2.75, 3.05) is 19.6 Å². The van der Waals surface area contributed by atoms with E-state index in [0.29, 0.717) is 25.1 Å². The molecule has 144 valence electrons. The maximum atomic E-state index is 13.0. The molecule has 0 saturated carbocycles. The molecular weight excluding hydrogens is 348 g/mol. The average molecular weight is 372 g/mol. The zero-order valence-electron chi connectivity index (χ0n) is 15.4. The topological polar surface area (TPSA) is 91.8 Å². The quantitative estimate of drug-likeness (QED) is 0.875. The number of nitrogens with zero attached hydrogens (tertiary/aromatic N) is 4. The number of carboxylic acids is 1. The number of aromatic carboxylic acids is 1. The van der Waals surface area contributed by atoms with Crippen LogP contribution in [-0.2, 0) is 31.4 Å². The van der Waals surface area contributed by atoms with Crippen molar-refractivity contribution in [2.45, 2.75) is 32.4 Å². The summed E-state index contributed by atoms with van der Waals surface area (Å²) in [6.45, 7) is 3.47. The molecule has 27 heavy (non-hydrogen) atoms. The lowest BCUT2D eigenvalue weighted by atomic mass is 9.93. The monoisotopic (exact) mass is 372 g/mol. The van der Waals surface area contributed by atoms with Crippen LogP contribution in [0.2, 0.25) is 0 Å². The van der Waals surface area contributed by atoms with E-state index in [2.05, 4.69) is 10.00 Å². The molecule has 2 aromatic heterocycles. The van der Waals surface area contributed by atoms with Crippen LogP contribution in [0.1, 0.15) is 40.3 Å². The van der Waals surface area contributed by atoms with Crippen LogP contribution >= 0.6 is 0 Å². The largest absolute Gasteiger partial charge is 0.476 e. The first-order chi connectivity index (χ1) is 13.0. The van der Waals surface area contributed by atoms with E-state index in [1.54, 1.807) is 18.0 Å². The van der Waals surface area contributed by atoms with Crippen LogP contribution in [0.4, 0.5) is 0 Å². The van der Waals surface area contributed by atoms with E-state index in [0.717, 1.165) is 43.9 Å². The smallest absolute Gasteiger partial charge is 0.356 e. The van der Waals surface area contributed by atoms with Gasteiger partial charge in [0, 0.05) is 43.7 Å². The zero-order valence-corrected chi connectivity index (χ0v) is 15.4. The van der Waals surface area contributed by atoms with Gasteiger partial charge in [-0.1, -0.05) is 0 Å². The molecule has 0 spiro atoms. The fourth-order valence-corrected chi connectivity index (χ4v) is 4.17. The fourth-order valence-electron chi connectivity index (χ4n) is 4.17. The highest BCUT2D eigenvalue weighted by Gasteiger charge is 2.33. The standard InChI is InChI=1S/C19H24N4O4/c1-21-16-6-9-23(12-15(16)17(20-21)19(25)26)18(24)13-4-7-22(8-5-13)11-14-3-2-10-27-14/h2-3,10,13H,4-9,11-12H2,1H3,(H,25,26). The minimum Gasteiger partial charge on any atom is -0.476 e. The van der Waals surface area contributed by atoms with Crippen molar-refractivity contribution in [1.29, 1.82) is 0 Å². The summed E-state index contributed by atoms with van der Waals surface area (Å²) < 4.78 is 7.03. The lowest BCUT2D eigenvalue weighted by Crippen LogP contribution is -2.44. The Morgan fingerprint density at radius 3 is 2.74 bits per heavy atom. The molecule has 0 bridgehead atoms. The Kier molecular flexibility index (Phi) is 4.73. The number of fused-ring (bicyclic) bond motifs is 1. The van der Waals surface area contributed by atoms with Crippen molar-refractivity contribution in [3.05, 3.63) is 41.1 Å². The van der Waals surface area contributed by atoms with Gasteiger partial charge in [0.15, 0.2) is 5.69 Å². The number of carbonyl (C=O) groups excluding carboxylic acids is 1. The van der Waals surface area contributed by atoms with Gasteiger partial charge < -0.3 is 14.4 Å². The van der Waals surface area contributed by atoms with Gasteiger partial charge >= 0.3 is 5.97 Å². The molecule has 2 aromatic rings. The lowest BCUT2D eigenvalue weighted by Gasteiger charge is -2.35. The van der Waals surface area contributed by atoms with E-state index in [1.165, 1.54) is 0 Å². The molecule has 1 amide bonds. The number of aromatic nitrogens is 2. The van der Waals surface area contributed by atoms with Gasteiger partial charge in [-0.15, -0.1) is 0 Å². The number of hydrogen-bond donors (Lipinski definition) is 1. The maximum Gasteiger partial charge on any atom is 0.356 e. The maximum absolute atomic E-state index is 13.0. The van der Waals surface area contributed by atoms with Crippen molar-refractivity contribution in [2.24, 2.45) is 13.0 Å². The molecule has 2 aliphatic heterocycles. The Morgan fingerprint density at radius 2 is 2.07 bits per heavy atom. The van der Waals surface area contributed by atoms with Crippen molar-refractivity contribution in [1.82, 2.24) is 19.6 Å². The van der Waals surface area contributed by atoms with Gasteiger partial charge in [0.2, 0.25) is 5.91 Å². The fraction of sp³-hybridized carbons (Fsp3) is 0.526. The number of aryl methyl sites for hydroxylation is 1. The summed E-state index contributed by atoms with van der Waals surface area (Å²) in [4.78, 5) is 28.5. The second-order valence-electron chi connectivity index (χ2n) is 7.34. The number of carboxylic acid groups (broad SMARTS) is 1. The first-order valence-electron chi connectivity index (χ1n) is 9.34. The summed E-state index contributed by atoms with van der Waals surface area (Å²) in [5.74, 6) is 0.0522. The van der Waals surface area contributed by atoms with Gasteiger partial charge in [-0.3, -0.25) is 14.4 Å². The molecule has 1 saturated heterocycles. The molecule has 8 nitrogen and oxygen atoms in total. The molecule has 0 aromatic carbocycles. The second kappa shape index (κ2) is 7.19. The number of carbonyl (C=O) groups is 2. The molecule has 0 atom stereocenters. The molecule has 4 heterocycles. The van der Waals surface area contributed by atoms with Gasteiger partial charge in [0.25, 0.3) is 0 Å². The number of furan rings is 1. The molecule has 8 heteroatoms. The Labute approximate surface area is 157 Å². The normalized spacial score (nSPS) is 18.5. The molecule has 4 rings (SSSR count). The SMILES string of the molecule is Cn1nc(C(=O)O)c2c1CCN(C(=O)C1CCN(Cc3ccco3)CC1)C2. The molecular formula is C19H24N4O4. The summed E-state index contributed by atoms with van der Waals surface area (Å²) in [6.07, 6.45) is 3.97. The van der Waals surface area contributed by atoms with Crippen molar-refractivity contribution >= 4 is 11.9 Å². The highest BCUT2D eigenvalue weighted by Crippen LogP contribution is 2.27. The van der Waals surface area contributed by atoms with Gasteiger partial charge in [-0.25, -0.2) is 4.79 Å².